The van der Waals surface area contributed by atoms with Crippen LogP contribution in [0.3, 0.4) is 0 Å². The van der Waals surface area contributed by atoms with Crippen molar-refractivity contribution in [2.24, 2.45) is 11.8 Å². The van der Waals surface area contributed by atoms with Gasteiger partial charge in [-0.25, -0.2) is 0 Å². The number of fused-ring (bicyclic) bond motifs is 1. The zero-order chi connectivity index (χ0) is 16.5. The Kier molecular flexibility index (Phi) is 4.27. The van der Waals surface area contributed by atoms with Crippen molar-refractivity contribution in [3.63, 3.8) is 0 Å². The molecule has 0 saturated carbocycles. The number of likely N-dealkylation sites (tertiary alicyclic amines) is 1. The summed E-state index contributed by atoms with van der Waals surface area (Å²) in [6.07, 6.45) is 6.69. The molecule has 0 bridgehead atoms. The predicted molar refractivity (Wildman–Crippen MR) is 95.1 cm³/mol. The van der Waals surface area contributed by atoms with Crippen molar-refractivity contribution in [1.29, 1.82) is 0 Å². The summed E-state index contributed by atoms with van der Waals surface area (Å²) in [5, 5.41) is 11.5. The lowest BCUT2D eigenvalue weighted by Crippen LogP contribution is -2.43. The monoisotopic (exact) mass is 326 g/mol. The van der Waals surface area contributed by atoms with Crippen molar-refractivity contribution in [1.82, 2.24) is 20.4 Å². The molecule has 5 heteroatoms. The van der Waals surface area contributed by atoms with E-state index < -0.39 is 0 Å². The molecule has 1 aromatic heterocycles. The predicted octanol–water partition coefficient (Wildman–Crippen LogP) is 2.72. The molecule has 1 amide bonds. The zero-order valence-corrected chi connectivity index (χ0v) is 14.3. The number of piperidine rings is 2. The number of carbonyl (C=O) groups excluding carboxylic acids is 1. The van der Waals surface area contributed by atoms with Crippen LogP contribution in [0.1, 0.15) is 41.6 Å². The van der Waals surface area contributed by atoms with E-state index >= 15 is 0 Å². The number of carbonyl (C=O) groups is 1. The van der Waals surface area contributed by atoms with E-state index in [1.807, 2.05) is 24.0 Å². The highest BCUT2D eigenvalue weighted by atomic mass is 16.2. The fraction of sp³-hybridized carbons (Fsp3) is 0.579. The van der Waals surface area contributed by atoms with E-state index in [9.17, 15) is 4.79 Å². The van der Waals surface area contributed by atoms with Crippen LogP contribution in [0.2, 0.25) is 0 Å². The second-order valence-electron chi connectivity index (χ2n) is 7.32. The van der Waals surface area contributed by atoms with Crippen LogP contribution in [-0.4, -0.2) is 47.2 Å². The van der Waals surface area contributed by atoms with Gasteiger partial charge >= 0.3 is 0 Å². The molecule has 2 aliphatic rings. The molecule has 1 unspecified atom stereocenters. The number of benzene rings is 1. The third-order valence-corrected chi connectivity index (χ3v) is 5.87. The molecule has 2 saturated heterocycles. The largest absolute Gasteiger partial charge is 0.339 e. The van der Waals surface area contributed by atoms with Crippen molar-refractivity contribution < 1.29 is 4.79 Å². The molecule has 128 valence electrons. The number of aromatic nitrogens is 2. The van der Waals surface area contributed by atoms with Crippen molar-refractivity contribution in [2.45, 2.75) is 32.6 Å². The summed E-state index contributed by atoms with van der Waals surface area (Å²) in [6, 6.07) is 4.00. The van der Waals surface area contributed by atoms with Crippen LogP contribution in [-0.2, 0) is 0 Å². The summed E-state index contributed by atoms with van der Waals surface area (Å²) in [4.78, 5) is 15.1. The van der Waals surface area contributed by atoms with Gasteiger partial charge in [-0.1, -0.05) is 6.07 Å². The maximum Gasteiger partial charge on any atom is 0.254 e. The molecule has 2 aromatic rings. The molecular weight excluding hydrogens is 300 g/mol. The summed E-state index contributed by atoms with van der Waals surface area (Å²) in [5.74, 6) is 1.74. The van der Waals surface area contributed by atoms with Crippen LogP contribution in [0.25, 0.3) is 10.9 Å². The van der Waals surface area contributed by atoms with Gasteiger partial charge in [-0.2, -0.15) is 5.10 Å². The highest BCUT2D eigenvalue weighted by molar-refractivity contribution is 6.07. The lowest BCUT2D eigenvalue weighted by Gasteiger charge is -2.38. The highest BCUT2D eigenvalue weighted by Gasteiger charge is 2.30. The lowest BCUT2D eigenvalue weighted by atomic mass is 9.80. The Morgan fingerprint density at radius 2 is 2.04 bits per heavy atom. The van der Waals surface area contributed by atoms with E-state index in [0.717, 1.165) is 66.3 Å². The summed E-state index contributed by atoms with van der Waals surface area (Å²) in [7, 11) is 0. The first kappa shape index (κ1) is 15.6. The van der Waals surface area contributed by atoms with Crippen molar-refractivity contribution in [3.8, 4) is 0 Å². The zero-order valence-electron chi connectivity index (χ0n) is 14.3. The van der Waals surface area contributed by atoms with Crippen LogP contribution in [0.15, 0.2) is 18.3 Å². The Balaban J connectivity index is 1.48. The number of nitrogens with one attached hydrogen (secondary N) is 2. The molecule has 4 rings (SSSR count). The number of H-pyrrole nitrogens is 1. The Bertz CT molecular complexity index is 724. The van der Waals surface area contributed by atoms with Gasteiger partial charge in [0.25, 0.3) is 5.91 Å². The van der Waals surface area contributed by atoms with E-state index in [-0.39, 0.29) is 5.91 Å². The van der Waals surface area contributed by atoms with E-state index in [2.05, 4.69) is 15.5 Å². The van der Waals surface area contributed by atoms with Gasteiger partial charge in [0.05, 0.1) is 17.3 Å². The number of aromatic amines is 1. The van der Waals surface area contributed by atoms with Crippen molar-refractivity contribution in [3.05, 3.63) is 29.5 Å². The second-order valence-corrected chi connectivity index (χ2v) is 7.32. The van der Waals surface area contributed by atoms with Crippen LogP contribution in [0.5, 0.6) is 0 Å². The van der Waals surface area contributed by atoms with E-state index in [1.54, 1.807) is 6.20 Å². The van der Waals surface area contributed by atoms with Gasteiger partial charge in [0.2, 0.25) is 0 Å². The molecule has 5 nitrogen and oxygen atoms in total. The van der Waals surface area contributed by atoms with Crippen molar-refractivity contribution >= 4 is 16.8 Å². The second kappa shape index (κ2) is 6.55. The summed E-state index contributed by atoms with van der Waals surface area (Å²) >= 11 is 0. The number of aryl methyl sites for hydroxylation is 1. The molecule has 1 atom stereocenters. The first-order valence-electron chi connectivity index (χ1n) is 9.16. The van der Waals surface area contributed by atoms with Crippen LogP contribution in [0, 0.1) is 18.8 Å². The molecule has 1 aromatic carbocycles. The molecule has 24 heavy (non-hydrogen) atoms. The van der Waals surface area contributed by atoms with Gasteiger partial charge in [0, 0.05) is 18.5 Å². The molecule has 2 aliphatic heterocycles. The topological polar surface area (TPSA) is 61.0 Å². The number of rotatable bonds is 2. The average molecular weight is 326 g/mol. The van der Waals surface area contributed by atoms with E-state index in [1.165, 1.54) is 19.4 Å². The smallest absolute Gasteiger partial charge is 0.254 e. The Hall–Kier alpha value is -1.88. The SMILES string of the molecule is Cc1ccc2[nH]ncc2c1C(=O)N1CCC(C2CCCNC2)CC1. The minimum absolute atomic E-state index is 0.166. The van der Waals surface area contributed by atoms with Gasteiger partial charge < -0.3 is 10.2 Å². The van der Waals surface area contributed by atoms with Crippen LogP contribution >= 0.6 is 0 Å². The van der Waals surface area contributed by atoms with Gasteiger partial charge in [-0.05, 0) is 69.2 Å². The van der Waals surface area contributed by atoms with Gasteiger partial charge in [-0.3, -0.25) is 9.89 Å². The summed E-state index contributed by atoms with van der Waals surface area (Å²) in [5.41, 5.74) is 2.79. The van der Waals surface area contributed by atoms with Crippen molar-refractivity contribution in [2.75, 3.05) is 26.2 Å². The quantitative estimate of drug-likeness (QED) is 0.892. The molecule has 0 spiro atoms. The molecule has 2 N–H and O–H groups in total. The first-order chi connectivity index (χ1) is 11.7. The minimum Gasteiger partial charge on any atom is -0.339 e. The fourth-order valence-corrected chi connectivity index (χ4v) is 4.42. The summed E-state index contributed by atoms with van der Waals surface area (Å²) in [6.45, 7) is 6.11. The Morgan fingerprint density at radius 1 is 1.21 bits per heavy atom. The van der Waals surface area contributed by atoms with Gasteiger partial charge in [-0.15, -0.1) is 0 Å². The van der Waals surface area contributed by atoms with Crippen LogP contribution < -0.4 is 5.32 Å². The third kappa shape index (κ3) is 2.81. The number of hydrogen-bond donors (Lipinski definition) is 2. The van der Waals surface area contributed by atoms with E-state index in [0.29, 0.717) is 0 Å². The molecule has 0 radical (unpaired) electrons. The maximum atomic E-state index is 13.1. The molecule has 2 fully saturated rings. The number of nitrogens with zero attached hydrogens (tertiary/aromatic N) is 2. The average Bonchev–Trinajstić information content (AvgIpc) is 3.10. The first-order valence-corrected chi connectivity index (χ1v) is 9.16. The van der Waals surface area contributed by atoms with Crippen LogP contribution in [0.4, 0.5) is 0 Å². The van der Waals surface area contributed by atoms with Gasteiger partial charge in [0.1, 0.15) is 0 Å². The lowest BCUT2D eigenvalue weighted by molar-refractivity contribution is 0.0647. The highest BCUT2D eigenvalue weighted by Crippen LogP contribution is 2.31. The Labute approximate surface area is 142 Å². The normalized spacial score (nSPS) is 22.9. The molecule has 3 heterocycles. The Morgan fingerprint density at radius 3 is 2.79 bits per heavy atom. The minimum atomic E-state index is 0.166. The third-order valence-electron chi connectivity index (χ3n) is 5.87. The standard InChI is InChI=1S/C19H26N4O/c1-13-4-5-17-16(12-21-22-17)18(13)19(24)23-9-6-14(7-10-23)15-3-2-8-20-11-15/h4-5,12,14-15,20H,2-3,6-11H2,1H3,(H,21,22). The summed E-state index contributed by atoms with van der Waals surface area (Å²) < 4.78 is 0. The maximum absolute atomic E-state index is 13.1. The van der Waals surface area contributed by atoms with Gasteiger partial charge in [0.15, 0.2) is 0 Å². The van der Waals surface area contributed by atoms with E-state index in [4.69, 9.17) is 0 Å². The fourth-order valence-electron chi connectivity index (χ4n) is 4.42. The number of hydrogen-bond acceptors (Lipinski definition) is 3. The molecule has 0 aliphatic carbocycles. The number of amides is 1. The molecular formula is C19H26N4O.